The molecule has 1 aromatic rings. The van der Waals surface area contributed by atoms with Crippen LogP contribution >= 0.6 is 0 Å². The van der Waals surface area contributed by atoms with E-state index in [1.54, 1.807) is 14.2 Å². The minimum atomic E-state index is 0.0222. The van der Waals surface area contributed by atoms with E-state index >= 15 is 0 Å². The molecule has 1 saturated heterocycles. The summed E-state index contributed by atoms with van der Waals surface area (Å²) in [5, 5.41) is 6.77. The van der Waals surface area contributed by atoms with Gasteiger partial charge in [-0.15, -0.1) is 0 Å². The Labute approximate surface area is 151 Å². The van der Waals surface area contributed by atoms with E-state index in [0.29, 0.717) is 6.54 Å². The lowest BCUT2D eigenvalue weighted by atomic mass is 9.97. The first kappa shape index (κ1) is 19.4. The van der Waals surface area contributed by atoms with Crippen molar-refractivity contribution in [1.29, 1.82) is 0 Å². The number of likely N-dealkylation sites (tertiary alicyclic amines) is 1. The van der Waals surface area contributed by atoms with Crippen LogP contribution in [0.2, 0.25) is 0 Å². The standard InChI is InChI=1S/C19H32N4O2/c1-15(25-18-7-5-6-17(12-18)24-4)13-21-19(20-2)22-14-16-8-10-23(3)11-9-16/h5-7,12,15-16H,8-11,13-14H2,1-4H3,(H2,20,21,22). The molecule has 1 heterocycles. The number of aliphatic imine (C=N–C) groups is 1. The van der Waals surface area contributed by atoms with Gasteiger partial charge in [-0.25, -0.2) is 0 Å². The Balaban J connectivity index is 1.70. The zero-order chi connectivity index (χ0) is 18.1. The third-order valence-corrected chi connectivity index (χ3v) is 4.56. The van der Waals surface area contributed by atoms with Gasteiger partial charge in [-0.05, 0) is 58.0 Å². The summed E-state index contributed by atoms with van der Waals surface area (Å²) in [5.74, 6) is 3.16. The summed E-state index contributed by atoms with van der Waals surface area (Å²) in [5.41, 5.74) is 0. The van der Waals surface area contributed by atoms with E-state index in [0.717, 1.165) is 29.9 Å². The lowest BCUT2D eigenvalue weighted by Crippen LogP contribution is -2.44. The van der Waals surface area contributed by atoms with Crippen molar-refractivity contribution in [2.45, 2.75) is 25.9 Å². The molecule has 0 spiro atoms. The number of guanidine groups is 1. The quantitative estimate of drug-likeness (QED) is 0.583. The Morgan fingerprint density at radius 3 is 2.68 bits per heavy atom. The maximum Gasteiger partial charge on any atom is 0.191 e. The molecule has 1 fully saturated rings. The Bertz CT molecular complexity index is 542. The predicted octanol–water partition coefficient (Wildman–Crippen LogP) is 1.97. The van der Waals surface area contributed by atoms with Crippen LogP contribution < -0.4 is 20.1 Å². The topological polar surface area (TPSA) is 58.1 Å². The molecule has 1 unspecified atom stereocenters. The van der Waals surface area contributed by atoms with Gasteiger partial charge in [0.25, 0.3) is 0 Å². The zero-order valence-corrected chi connectivity index (χ0v) is 15.9. The molecule has 2 rings (SSSR count). The molecule has 1 aliphatic rings. The molecule has 0 amide bonds. The SMILES string of the molecule is CN=C(NCC1CCN(C)CC1)NCC(C)Oc1cccc(OC)c1. The summed E-state index contributed by atoms with van der Waals surface area (Å²) in [6.07, 6.45) is 2.51. The fourth-order valence-electron chi connectivity index (χ4n) is 2.92. The lowest BCUT2D eigenvalue weighted by Gasteiger charge is -2.29. The zero-order valence-electron chi connectivity index (χ0n) is 15.9. The summed E-state index contributed by atoms with van der Waals surface area (Å²) < 4.78 is 11.1. The fraction of sp³-hybridized carbons (Fsp3) is 0.632. The molecule has 0 aromatic heterocycles. The number of rotatable bonds is 7. The van der Waals surface area contributed by atoms with Gasteiger partial charge in [0.05, 0.1) is 13.7 Å². The monoisotopic (exact) mass is 348 g/mol. The van der Waals surface area contributed by atoms with E-state index in [-0.39, 0.29) is 6.10 Å². The molecule has 1 atom stereocenters. The highest BCUT2D eigenvalue weighted by Gasteiger charge is 2.16. The van der Waals surface area contributed by atoms with Crippen LogP contribution in [0.15, 0.2) is 29.3 Å². The summed E-state index contributed by atoms with van der Waals surface area (Å²) in [4.78, 5) is 6.69. The molecule has 6 heteroatoms. The molecule has 0 aliphatic carbocycles. The molecule has 0 radical (unpaired) electrons. The number of hydrogen-bond acceptors (Lipinski definition) is 4. The van der Waals surface area contributed by atoms with Gasteiger partial charge >= 0.3 is 0 Å². The Hall–Kier alpha value is -1.95. The van der Waals surface area contributed by atoms with Gasteiger partial charge in [0.1, 0.15) is 17.6 Å². The molecule has 140 valence electrons. The Morgan fingerprint density at radius 2 is 2.00 bits per heavy atom. The third kappa shape index (κ3) is 6.82. The summed E-state index contributed by atoms with van der Waals surface area (Å²) >= 11 is 0. The first-order chi connectivity index (χ1) is 12.1. The Kier molecular flexibility index (Phi) is 7.85. The van der Waals surface area contributed by atoms with Crippen LogP contribution in [0.4, 0.5) is 0 Å². The average Bonchev–Trinajstić information content (AvgIpc) is 2.63. The van der Waals surface area contributed by atoms with Crippen LogP contribution in [0.25, 0.3) is 0 Å². The minimum Gasteiger partial charge on any atom is -0.497 e. The van der Waals surface area contributed by atoms with E-state index in [1.165, 1.54) is 25.9 Å². The van der Waals surface area contributed by atoms with Crippen molar-refractivity contribution >= 4 is 5.96 Å². The van der Waals surface area contributed by atoms with Crippen LogP contribution in [-0.2, 0) is 0 Å². The van der Waals surface area contributed by atoms with Crippen molar-refractivity contribution in [2.24, 2.45) is 10.9 Å². The van der Waals surface area contributed by atoms with Gasteiger partial charge in [0, 0.05) is 19.7 Å². The molecule has 0 saturated carbocycles. The van der Waals surface area contributed by atoms with Crippen LogP contribution in [0.5, 0.6) is 11.5 Å². The lowest BCUT2D eigenvalue weighted by molar-refractivity contribution is 0.217. The number of methoxy groups -OCH3 is 1. The van der Waals surface area contributed by atoms with Crippen LogP contribution in [0, 0.1) is 5.92 Å². The van der Waals surface area contributed by atoms with Crippen molar-refractivity contribution < 1.29 is 9.47 Å². The number of piperidine rings is 1. The molecule has 25 heavy (non-hydrogen) atoms. The maximum atomic E-state index is 5.93. The van der Waals surface area contributed by atoms with Gasteiger partial charge in [0.15, 0.2) is 5.96 Å². The van der Waals surface area contributed by atoms with E-state index in [2.05, 4.69) is 27.6 Å². The number of hydrogen-bond donors (Lipinski definition) is 2. The fourth-order valence-corrected chi connectivity index (χ4v) is 2.92. The number of nitrogens with one attached hydrogen (secondary N) is 2. The summed E-state index contributed by atoms with van der Waals surface area (Å²) in [6.45, 7) is 6.06. The number of benzene rings is 1. The van der Waals surface area contributed by atoms with E-state index in [4.69, 9.17) is 9.47 Å². The van der Waals surface area contributed by atoms with Gasteiger partial charge in [-0.1, -0.05) is 6.07 Å². The first-order valence-electron chi connectivity index (χ1n) is 9.04. The highest BCUT2D eigenvalue weighted by molar-refractivity contribution is 5.79. The van der Waals surface area contributed by atoms with Crippen molar-refractivity contribution in [3.8, 4) is 11.5 Å². The molecule has 1 aliphatic heterocycles. The highest BCUT2D eigenvalue weighted by Crippen LogP contribution is 2.19. The second-order valence-electron chi connectivity index (χ2n) is 6.69. The van der Waals surface area contributed by atoms with Crippen molar-refractivity contribution in [3.63, 3.8) is 0 Å². The molecular weight excluding hydrogens is 316 g/mol. The van der Waals surface area contributed by atoms with Crippen LogP contribution in [0.3, 0.4) is 0 Å². The van der Waals surface area contributed by atoms with Gasteiger partial charge in [-0.3, -0.25) is 4.99 Å². The van der Waals surface area contributed by atoms with Gasteiger partial charge in [-0.2, -0.15) is 0 Å². The van der Waals surface area contributed by atoms with Crippen LogP contribution in [0.1, 0.15) is 19.8 Å². The van der Waals surface area contributed by atoms with Gasteiger partial charge in [0.2, 0.25) is 0 Å². The van der Waals surface area contributed by atoms with Crippen LogP contribution in [-0.4, -0.2) is 64.3 Å². The number of nitrogens with zero attached hydrogens (tertiary/aromatic N) is 2. The molecule has 2 N–H and O–H groups in total. The highest BCUT2D eigenvalue weighted by atomic mass is 16.5. The smallest absolute Gasteiger partial charge is 0.191 e. The summed E-state index contributed by atoms with van der Waals surface area (Å²) in [6, 6.07) is 7.66. The van der Waals surface area contributed by atoms with Crippen molar-refractivity contribution in [2.75, 3.05) is 47.4 Å². The molecule has 6 nitrogen and oxygen atoms in total. The van der Waals surface area contributed by atoms with E-state index in [1.807, 2.05) is 31.2 Å². The first-order valence-corrected chi connectivity index (χ1v) is 9.04. The minimum absolute atomic E-state index is 0.0222. The second-order valence-corrected chi connectivity index (χ2v) is 6.69. The average molecular weight is 348 g/mol. The van der Waals surface area contributed by atoms with E-state index < -0.39 is 0 Å². The largest absolute Gasteiger partial charge is 0.497 e. The second kappa shape index (κ2) is 10.1. The van der Waals surface area contributed by atoms with E-state index in [9.17, 15) is 0 Å². The third-order valence-electron chi connectivity index (χ3n) is 4.56. The van der Waals surface area contributed by atoms with Crippen molar-refractivity contribution in [3.05, 3.63) is 24.3 Å². The van der Waals surface area contributed by atoms with Gasteiger partial charge < -0.3 is 25.0 Å². The van der Waals surface area contributed by atoms with Crippen molar-refractivity contribution in [1.82, 2.24) is 15.5 Å². The number of ether oxygens (including phenoxy) is 2. The normalized spacial score (nSPS) is 17.8. The Morgan fingerprint density at radius 1 is 1.28 bits per heavy atom. The molecule has 1 aromatic carbocycles. The maximum absolute atomic E-state index is 5.93. The predicted molar refractivity (Wildman–Crippen MR) is 103 cm³/mol. The molecule has 0 bridgehead atoms. The molecular formula is C19H32N4O2. The summed E-state index contributed by atoms with van der Waals surface area (Å²) in [7, 11) is 5.65.